The van der Waals surface area contributed by atoms with Gasteiger partial charge >= 0.3 is 0 Å². The van der Waals surface area contributed by atoms with Crippen LogP contribution in [0.1, 0.15) is 24.0 Å². The second kappa shape index (κ2) is 8.94. The largest absolute Gasteiger partial charge is 0.379 e. The van der Waals surface area contributed by atoms with Crippen molar-refractivity contribution in [2.45, 2.75) is 25.1 Å². The molecule has 1 aromatic rings. The van der Waals surface area contributed by atoms with Crippen LogP contribution in [0.3, 0.4) is 0 Å². The third-order valence-electron chi connectivity index (χ3n) is 4.98. The second-order valence-corrected chi connectivity index (χ2v) is 8.75. The van der Waals surface area contributed by atoms with Gasteiger partial charge in [-0.25, -0.2) is 8.42 Å². The van der Waals surface area contributed by atoms with Crippen molar-refractivity contribution in [1.29, 1.82) is 0 Å². The summed E-state index contributed by atoms with van der Waals surface area (Å²) in [5.74, 6) is 0.0460. The quantitative estimate of drug-likeness (QED) is 0.748. The molecule has 0 aliphatic carbocycles. The van der Waals surface area contributed by atoms with Crippen LogP contribution in [0.5, 0.6) is 0 Å². The van der Waals surface area contributed by atoms with E-state index in [1.807, 2.05) is 24.3 Å². The van der Waals surface area contributed by atoms with E-state index in [0.717, 1.165) is 37.1 Å². The summed E-state index contributed by atoms with van der Waals surface area (Å²) in [4.78, 5) is 12.3. The molecule has 2 aliphatic rings. The molecule has 1 aromatic carbocycles. The normalized spacial score (nSPS) is 20.0. The molecule has 7 nitrogen and oxygen atoms in total. The van der Waals surface area contributed by atoms with Crippen molar-refractivity contribution >= 4 is 15.9 Å². The predicted molar refractivity (Wildman–Crippen MR) is 98.9 cm³/mol. The maximum absolute atomic E-state index is 12.7. The number of morpholine rings is 1. The summed E-state index contributed by atoms with van der Waals surface area (Å²) in [6, 6.07) is 7.41. The van der Waals surface area contributed by atoms with Crippen LogP contribution in [0.15, 0.2) is 24.3 Å². The fraction of sp³-hybridized carbons (Fsp3) is 0.611. The van der Waals surface area contributed by atoms with Gasteiger partial charge in [-0.05, 0) is 37.1 Å². The first kappa shape index (κ1) is 19.3. The summed E-state index contributed by atoms with van der Waals surface area (Å²) in [6.45, 7) is 3.77. The van der Waals surface area contributed by atoms with Crippen molar-refractivity contribution in [1.82, 2.24) is 14.9 Å². The molecule has 26 heavy (non-hydrogen) atoms. The number of hydrogen-bond acceptors (Lipinski definition) is 5. The number of carbonyl (C=O) groups excluding carboxylic acids is 1. The highest BCUT2D eigenvalue weighted by Crippen LogP contribution is 2.17. The number of nitrogens with one attached hydrogen (secondary N) is 2. The van der Waals surface area contributed by atoms with Gasteiger partial charge in [-0.2, -0.15) is 4.31 Å². The van der Waals surface area contributed by atoms with Crippen LogP contribution in [0, 0.1) is 5.92 Å². The molecule has 2 heterocycles. The van der Waals surface area contributed by atoms with E-state index in [1.165, 1.54) is 4.31 Å². The number of ether oxygens (including phenoxy) is 1. The highest BCUT2D eigenvalue weighted by Gasteiger charge is 2.26. The number of sulfonamides is 1. The molecule has 144 valence electrons. The zero-order chi connectivity index (χ0) is 18.4. The molecular formula is C18H27N3O4S. The Hall–Kier alpha value is -1.48. The van der Waals surface area contributed by atoms with Crippen LogP contribution in [-0.4, -0.2) is 58.0 Å². The van der Waals surface area contributed by atoms with Gasteiger partial charge in [0.15, 0.2) is 0 Å². The molecule has 0 atom stereocenters. The van der Waals surface area contributed by atoms with Crippen LogP contribution < -0.4 is 10.6 Å². The van der Waals surface area contributed by atoms with E-state index >= 15 is 0 Å². The highest BCUT2D eigenvalue weighted by atomic mass is 32.2. The number of hydrogen-bond donors (Lipinski definition) is 2. The zero-order valence-corrected chi connectivity index (χ0v) is 15.8. The standard InChI is InChI=1S/C18H27N3O4S/c22-18(15-5-7-19-8-6-15)20-13-16-3-1-2-4-17(16)14-26(23,24)21-9-11-25-12-10-21/h1-4,15,19H,5-14H2,(H,20,22). The number of rotatable bonds is 6. The Bertz CT molecular complexity index is 711. The Morgan fingerprint density at radius 1 is 1.15 bits per heavy atom. The Balaban J connectivity index is 1.63. The van der Waals surface area contributed by atoms with Gasteiger partial charge in [0.1, 0.15) is 0 Å². The number of nitrogens with zero attached hydrogens (tertiary/aromatic N) is 1. The molecule has 0 unspecified atom stereocenters. The van der Waals surface area contributed by atoms with E-state index < -0.39 is 10.0 Å². The Labute approximate surface area is 155 Å². The van der Waals surface area contributed by atoms with Gasteiger partial charge in [0, 0.05) is 25.6 Å². The van der Waals surface area contributed by atoms with Crippen molar-refractivity contribution in [3.8, 4) is 0 Å². The molecule has 2 aliphatic heterocycles. The molecule has 0 aromatic heterocycles. The van der Waals surface area contributed by atoms with E-state index in [1.54, 1.807) is 0 Å². The lowest BCUT2D eigenvalue weighted by Crippen LogP contribution is -2.41. The van der Waals surface area contributed by atoms with Crippen molar-refractivity contribution in [2.24, 2.45) is 5.92 Å². The van der Waals surface area contributed by atoms with Crippen molar-refractivity contribution in [3.63, 3.8) is 0 Å². The molecule has 2 saturated heterocycles. The second-order valence-electron chi connectivity index (χ2n) is 6.78. The molecule has 2 fully saturated rings. The molecule has 8 heteroatoms. The fourth-order valence-corrected chi connectivity index (χ4v) is 4.96. The van der Waals surface area contributed by atoms with Crippen LogP contribution in [0.4, 0.5) is 0 Å². The van der Waals surface area contributed by atoms with Crippen molar-refractivity contribution in [3.05, 3.63) is 35.4 Å². The lowest BCUT2D eigenvalue weighted by Gasteiger charge is -2.26. The summed E-state index contributed by atoms with van der Waals surface area (Å²) >= 11 is 0. The summed E-state index contributed by atoms with van der Waals surface area (Å²) in [7, 11) is -3.39. The van der Waals surface area contributed by atoms with E-state index in [-0.39, 0.29) is 17.6 Å². The highest BCUT2D eigenvalue weighted by molar-refractivity contribution is 7.88. The van der Waals surface area contributed by atoms with Gasteiger partial charge in [-0.15, -0.1) is 0 Å². The van der Waals surface area contributed by atoms with E-state index in [4.69, 9.17) is 4.74 Å². The molecule has 0 saturated carbocycles. The predicted octanol–water partition coefficient (Wildman–Crippen LogP) is 0.464. The SMILES string of the molecule is O=C(NCc1ccccc1CS(=O)(=O)N1CCOCC1)C1CCNCC1. The van der Waals surface area contributed by atoms with Crippen LogP contribution >= 0.6 is 0 Å². The third-order valence-corrected chi connectivity index (χ3v) is 6.81. The minimum atomic E-state index is -3.39. The molecule has 0 radical (unpaired) electrons. The minimum absolute atomic E-state index is 0.0421. The molecule has 2 N–H and O–H groups in total. The first-order valence-electron chi connectivity index (χ1n) is 9.17. The smallest absolute Gasteiger partial charge is 0.223 e. The monoisotopic (exact) mass is 381 g/mol. The average Bonchev–Trinajstić information content (AvgIpc) is 2.68. The van der Waals surface area contributed by atoms with Gasteiger partial charge in [0.05, 0.1) is 19.0 Å². The number of piperidine rings is 1. The zero-order valence-electron chi connectivity index (χ0n) is 14.9. The fourth-order valence-electron chi connectivity index (χ4n) is 3.39. The van der Waals surface area contributed by atoms with E-state index in [2.05, 4.69) is 10.6 Å². The molecule has 3 rings (SSSR count). The first-order valence-corrected chi connectivity index (χ1v) is 10.8. The maximum atomic E-state index is 12.7. The average molecular weight is 381 g/mol. The Kier molecular flexibility index (Phi) is 6.63. The van der Waals surface area contributed by atoms with Gasteiger partial charge < -0.3 is 15.4 Å². The van der Waals surface area contributed by atoms with E-state index in [9.17, 15) is 13.2 Å². The molecule has 1 amide bonds. The van der Waals surface area contributed by atoms with Crippen LogP contribution in [-0.2, 0) is 31.9 Å². The van der Waals surface area contributed by atoms with Crippen molar-refractivity contribution < 1.29 is 17.9 Å². The molecular weight excluding hydrogens is 354 g/mol. The van der Waals surface area contributed by atoms with Crippen LogP contribution in [0.2, 0.25) is 0 Å². The Morgan fingerprint density at radius 2 is 1.81 bits per heavy atom. The number of benzene rings is 1. The lowest BCUT2D eigenvalue weighted by atomic mass is 9.97. The number of carbonyl (C=O) groups is 1. The summed E-state index contributed by atoms with van der Waals surface area (Å²) in [6.07, 6.45) is 1.69. The summed E-state index contributed by atoms with van der Waals surface area (Å²) < 4.78 is 32.1. The van der Waals surface area contributed by atoms with E-state index in [0.29, 0.717) is 32.8 Å². The maximum Gasteiger partial charge on any atom is 0.223 e. The lowest BCUT2D eigenvalue weighted by molar-refractivity contribution is -0.125. The number of amides is 1. The van der Waals surface area contributed by atoms with Gasteiger partial charge in [-0.1, -0.05) is 24.3 Å². The topological polar surface area (TPSA) is 87.7 Å². The third kappa shape index (κ3) is 5.03. The molecule has 0 spiro atoms. The Morgan fingerprint density at radius 3 is 2.50 bits per heavy atom. The van der Waals surface area contributed by atoms with Gasteiger partial charge in [0.25, 0.3) is 0 Å². The first-order chi connectivity index (χ1) is 12.6. The molecule has 0 bridgehead atoms. The van der Waals surface area contributed by atoms with Gasteiger partial charge in [-0.3, -0.25) is 4.79 Å². The van der Waals surface area contributed by atoms with Crippen LogP contribution in [0.25, 0.3) is 0 Å². The summed E-state index contributed by atoms with van der Waals surface area (Å²) in [5, 5.41) is 6.23. The minimum Gasteiger partial charge on any atom is -0.379 e. The summed E-state index contributed by atoms with van der Waals surface area (Å²) in [5.41, 5.74) is 1.59. The van der Waals surface area contributed by atoms with Crippen molar-refractivity contribution in [2.75, 3.05) is 39.4 Å². The van der Waals surface area contributed by atoms with Gasteiger partial charge in [0.2, 0.25) is 15.9 Å².